The molecule has 2 aliphatic heterocycles. The highest BCUT2D eigenvalue weighted by molar-refractivity contribution is 8.01. The Labute approximate surface area is 182 Å². The minimum atomic E-state index is -0.417. The third-order valence-corrected chi connectivity index (χ3v) is 6.93. The topological polar surface area (TPSA) is 64.7 Å². The summed E-state index contributed by atoms with van der Waals surface area (Å²) in [5.74, 6) is -0.200. The lowest BCUT2D eigenvalue weighted by Crippen LogP contribution is -2.48. The van der Waals surface area contributed by atoms with Crippen molar-refractivity contribution in [3.63, 3.8) is 0 Å². The van der Waals surface area contributed by atoms with E-state index in [1.807, 2.05) is 42.5 Å². The normalized spacial score (nSPS) is 20.8. The number of nitrogens with one attached hydrogen (secondary N) is 2. The number of rotatable bonds is 6. The number of piperazine rings is 1. The number of amides is 2. The lowest BCUT2D eigenvalue weighted by Gasteiger charge is -2.35. The first-order valence-electron chi connectivity index (χ1n) is 10.4. The molecule has 0 aliphatic carbocycles. The van der Waals surface area contributed by atoms with Gasteiger partial charge in [0.05, 0.1) is 17.0 Å². The number of likely N-dealkylation sites (N-methyl/N-ethyl adjacent to an activating group) is 1. The molecule has 2 amide bonds. The van der Waals surface area contributed by atoms with Gasteiger partial charge in [0.15, 0.2) is 0 Å². The molecule has 0 radical (unpaired) electrons. The van der Waals surface area contributed by atoms with Gasteiger partial charge in [-0.3, -0.25) is 14.5 Å². The number of hydrogen-bond acceptors (Lipinski definition) is 5. The van der Waals surface area contributed by atoms with Gasteiger partial charge in [-0.05, 0) is 24.7 Å². The van der Waals surface area contributed by atoms with Gasteiger partial charge in [-0.1, -0.05) is 42.5 Å². The summed E-state index contributed by atoms with van der Waals surface area (Å²) >= 11 is 1.46. The van der Waals surface area contributed by atoms with Crippen molar-refractivity contribution in [2.24, 2.45) is 0 Å². The maximum atomic E-state index is 12.9. The van der Waals surface area contributed by atoms with Crippen molar-refractivity contribution in [1.82, 2.24) is 15.1 Å². The van der Waals surface area contributed by atoms with Crippen LogP contribution in [0.25, 0.3) is 0 Å². The van der Waals surface area contributed by atoms with Crippen molar-refractivity contribution in [2.45, 2.75) is 22.6 Å². The van der Waals surface area contributed by atoms with Gasteiger partial charge in [0.2, 0.25) is 11.8 Å². The van der Waals surface area contributed by atoms with Crippen molar-refractivity contribution in [3.05, 3.63) is 60.2 Å². The van der Waals surface area contributed by atoms with Gasteiger partial charge in [-0.15, -0.1) is 11.8 Å². The van der Waals surface area contributed by atoms with Crippen LogP contribution in [-0.2, 0) is 9.59 Å². The van der Waals surface area contributed by atoms with E-state index in [1.54, 1.807) is 0 Å². The Morgan fingerprint density at radius 3 is 2.57 bits per heavy atom. The zero-order chi connectivity index (χ0) is 20.9. The first-order valence-corrected chi connectivity index (χ1v) is 11.3. The number of benzene rings is 2. The molecule has 0 spiro atoms. The van der Waals surface area contributed by atoms with E-state index in [1.165, 1.54) is 11.8 Å². The number of carbonyl (C=O) groups is 2. The van der Waals surface area contributed by atoms with Crippen molar-refractivity contribution >= 4 is 29.3 Å². The molecule has 158 valence electrons. The molecule has 0 bridgehead atoms. The second-order valence-corrected chi connectivity index (χ2v) is 9.18. The molecule has 2 aliphatic rings. The van der Waals surface area contributed by atoms with Gasteiger partial charge in [0.25, 0.3) is 0 Å². The summed E-state index contributed by atoms with van der Waals surface area (Å²) in [6.45, 7) is 4.83. The van der Waals surface area contributed by atoms with Crippen LogP contribution in [0.3, 0.4) is 0 Å². The smallest absolute Gasteiger partial charge is 0.238 e. The molecule has 2 aromatic rings. The highest BCUT2D eigenvalue weighted by Gasteiger charge is 2.30. The van der Waals surface area contributed by atoms with E-state index in [4.69, 9.17) is 0 Å². The van der Waals surface area contributed by atoms with Crippen LogP contribution in [0.1, 0.15) is 18.0 Å². The van der Waals surface area contributed by atoms with Crippen LogP contribution < -0.4 is 10.6 Å². The van der Waals surface area contributed by atoms with Crippen LogP contribution in [0.15, 0.2) is 59.5 Å². The monoisotopic (exact) mass is 424 g/mol. The summed E-state index contributed by atoms with van der Waals surface area (Å²) in [5, 5.41) is 5.70. The number of fused-ring (bicyclic) bond motifs is 1. The molecule has 6 nitrogen and oxygen atoms in total. The molecule has 30 heavy (non-hydrogen) atoms. The van der Waals surface area contributed by atoms with E-state index < -0.39 is 5.25 Å². The van der Waals surface area contributed by atoms with Crippen LogP contribution in [0.2, 0.25) is 0 Å². The van der Waals surface area contributed by atoms with E-state index in [-0.39, 0.29) is 24.3 Å². The fraction of sp³-hybridized carbons (Fsp3) is 0.391. The molecule has 2 heterocycles. The first kappa shape index (κ1) is 20.9. The SMILES string of the molecule is CN1CCN(CC(NC(=O)CC2Sc3ccccc3NC2=O)c2ccccc2)CC1. The van der Waals surface area contributed by atoms with Gasteiger partial charge >= 0.3 is 0 Å². The molecule has 4 rings (SSSR count). The largest absolute Gasteiger partial charge is 0.348 e. The summed E-state index contributed by atoms with van der Waals surface area (Å²) in [4.78, 5) is 31.1. The van der Waals surface area contributed by atoms with Crippen LogP contribution in [0.5, 0.6) is 0 Å². The Balaban J connectivity index is 1.41. The summed E-state index contributed by atoms with van der Waals surface area (Å²) in [6.07, 6.45) is 0.164. The average molecular weight is 425 g/mol. The number of carbonyl (C=O) groups excluding carboxylic acids is 2. The quantitative estimate of drug-likeness (QED) is 0.746. The summed E-state index contributed by atoms with van der Waals surface area (Å²) in [5.41, 5.74) is 1.91. The van der Waals surface area contributed by atoms with E-state index in [0.29, 0.717) is 0 Å². The molecule has 0 aromatic heterocycles. The van der Waals surface area contributed by atoms with Crippen molar-refractivity contribution in [1.29, 1.82) is 0 Å². The van der Waals surface area contributed by atoms with Crippen LogP contribution in [0, 0.1) is 0 Å². The van der Waals surface area contributed by atoms with E-state index in [9.17, 15) is 9.59 Å². The second-order valence-electron chi connectivity index (χ2n) is 7.93. The molecule has 2 N–H and O–H groups in total. The molecule has 1 saturated heterocycles. The average Bonchev–Trinajstić information content (AvgIpc) is 2.76. The molecule has 2 unspecified atom stereocenters. The van der Waals surface area contributed by atoms with E-state index in [0.717, 1.165) is 48.9 Å². The molecule has 2 atom stereocenters. The molecular formula is C23H28N4O2S. The molecular weight excluding hydrogens is 396 g/mol. The number of thioether (sulfide) groups is 1. The van der Waals surface area contributed by atoms with E-state index >= 15 is 0 Å². The van der Waals surface area contributed by atoms with Gasteiger partial charge in [-0.25, -0.2) is 0 Å². The zero-order valence-corrected chi connectivity index (χ0v) is 18.0. The minimum Gasteiger partial charge on any atom is -0.348 e. The summed E-state index contributed by atoms with van der Waals surface area (Å²) in [6, 6.07) is 17.7. The summed E-state index contributed by atoms with van der Waals surface area (Å²) < 4.78 is 0. The molecule has 2 aromatic carbocycles. The predicted molar refractivity (Wildman–Crippen MR) is 121 cm³/mol. The highest BCUT2D eigenvalue weighted by atomic mass is 32.2. The van der Waals surface area contributed by atoms with Gasteiger partial charge in [0.1, 0.15) is 0 Å². The predicted octanol–water partition coefficient (Wildman–Crippen LogP) is 2.59. The van der Waals surface area contributed by atoms with E-state index in [2.05, 4.69) is 39.6 Å². The number of hydrogen-bond donors (Lipinski definition) is 2. The van der Waals surface area contributed by atoms with Crippen LogP contribution in [-0.4, -0.2) is 66.6 Å². The Kier molecular flexibility index (Phi) is 6.72. The highest BCUT2D eigenvalue weighted by Crippen LogP contribution is 2.36. The van der Waals surface area contributed by atoms with Gasteiger partial charge in [0, 0.05) is 44.0 Å². The molecule has 7 heteroatoms. The number of nitrogens with zero attached hydrogens (tertiary/aromatic N) is 2. The fourth-order valence-electron chi connectivity index (χ4n) is 3.86. The molecule has 0 saturated carbocycles. The zero-order valence-electron chi connectivity index (χ0n) is 17.2. The van der Waals surface area contributed by atoms with Crippen LogP contribution in [0.4, 0.5) is 5.69 Å². The Morgan fingerprint density at radius 2 is 1.80 bits per heavy atom. The van der Waals surface area contributed by atoms with Crippen molar-refractivity contribution < 1.29 is 9.59 Å². The minimum absolute atomic E-state index is 0.0916. The lowest BCUT2D eigenvalue weighted by molar-refractivity contribution is -0.124. The number of para-hydroxylation sites is 1. The first-order chi connectivity index (χ1) is 14.6. The third-order valence-electron chi connectivity index (χ3n) is 5.65. The van der Waals surface area contributed by atoms with Crippen LogP contribution >= 0.6 is 11.8 Å². The third kappa shape index (κ3) is 5.22. The maximum absolute atomic E-state index is 12.9. The maximum Gasteiger partial charge on any atom is 0.238 e. The van der Waals surface area contributed by atoms with Gasteiger partial charge < -0.3 is 15.5 Å². The van der Waals surface area contributed by atoms with Crippen molar-refractivity contribution in [2.75, 3.05) is 45.1 Å². The standard InChI is InChI=1S/C23H28N4O2S/c1-26-11-13-27(14-12-26)16-19(17-7-3-2-4-8-17)24-22(28)15-21-23(29)25-18-9-5-6-10-20(18)30-21/h2-10,19,21H,11-16H2,1H3,(H,24,28)(H,25,29). The Bertz CT molecular complexity index is 884. The van der Waals surface area contributed by atoms with Gasteiger partial charge in [-0.2, -0.15) is 0 Å². The lowest BCUT2D eigenvalue weighted by atomic mass is 10.1. The number of anilines is 1. The Morgan fingerprint density at radius 1 is 1.10 bits per heavy atom. The fourth-order valence-corrected chi connectivity index (χ4v) is 4.97. The summed E-state index contributed by atoms with van der Waals surface area (Å²) in [7, 11) is 2.14. The second kappa shape index (κ2) is 9.64. The molecule has 1 fully saturated rings. The van der Waals surface area contributed by atoms with Crippen molar-refractivity contribution in [3.8, 4) is 0 Å². The Hall–Kier alpha value is -2.35.